The van der Waals surface area contributed by atoms with Gasteiger partial charge in [-0.1, -0.05) is 18.2 Å². The highest BCUT2D eigenvalue weighted by Gasteiger charge is 2.20. The molecule has 0 aliphatic rings. The lowest BCUT2D eigenvalue weighted by molar-refractivity contribution is 0.102. The van der Waals surface area contributed by atoms with Gasteiger partial charge in [-0.2, -0.15) is 0 Å². The largest absolute Gasteiger partial charge is 0.443 e. The zero-order valence-electron chi connectivity index (χ0n) is 13.9. The minimum Gasteiger partial charge on any atom is -0.443 e. The molecule has 5 nitrogen and oxygen atoms in total. The van der Waals surface area contributed by atoms with Gasteiger partial charge in [0.05, 0.1) is 11.1 Å². The lowest BCUT2D eigenvalue weighted by Crippen LogP contribution is -2.13. The van der Waals surface area contributed by atoms with Gasteiger partial charge >= 0.3 is 0 Å². The van der Waals surface area contributed by atoms with E-state index in [4.69, 9.17) is 4.42 Å². The number of nitrogens with one attached hydrogen (secondary N) is 1. The normalized spacial score (nSPS) is 10.8. The average Bonchev–Trinajstić information content (AvgIpc) is 3.12. The number of aryl methyl sites for hydroxylation is 1. The predicted molar refractivity (Wildman–Crippen MR) is 96.3 cm³/mol. The van der Waals surface area contributed by atoms with Crippen LogP contribution in [0.25, 0.3) is 22.2 Å². The minimum absolute atomic E-state index is 0.0252. The molecule has 4 aromatic rings. The summed E-state index contributed by atoms with van der Waals surface area (Å²) in [5.74, 6) is -0.861. The maximum absolute atomic E-state index is 14.0. The Labute approximate surface area is 148 Å². The third-order valence-electron chi connectivity index (χ3n) is 3.99. The van der Waals surface area contributed by atoms with Crippen LogP contribution in [0.15, 0.2) is 65.4 Å². The second-order valence-electron chi connectivity index (χ2n) is 5.82. The van der Waals surface area contributed by atoms with Gasteiger partial charge in [0.2, 0.25) is 0 Å². The van der Waals surface area contributed by atoms with E-state index in [-0.39, 0.29) is 17.0 Å². The van der Waals surface area contributed by atoms with E-state index in [9.17, 15) is 9.18 Å². The van der Waals surface area contributed by atoms with E-state index in [1.165, 1.54) is 12.1 Å². The molecule has 1 N–H and O–H groups in total. The van der Waals surface area contributed by atoms with E-state index in [2.05, 4.69) is 15.3 Å². The molecule has 2 heterocycles. The number of oxazole rings is 1. The molecule has 0 saturated heterocycles. The summed E-state index contributed by atoms with van der Waals surface area (Å²) in [5, 5.41) is 3.67. The van der Waals surface area contributed by atoms with Crippen molar-refractivity contribution in [2.24, 2.45) is 0 Å². The van der Waals surface area contributed by atoms with Crippen molar-refractivity contribution in [2.45, 2.75) is 6.92 Å². The number of pyridine rings is 1. The molecule has 0 aliphatic carbocycles. The Hall–Kier alpha value is -3.54. The lowest BCUT2D eigenvalue weighted by atomic mass is 10.1. The maximum atomic E-state index is 14.0. The Morgan fingerprint density at radius 3 is 2.81 bits per heavy atom. The summed E-state index contributed by atoms with van der Waals surface area (Å²) in [5.41, 5.74) is 2.57. The summed E-state index contributed by atoms with van der Waals surface area (Å²) in [6, 6.07) is 15.3. The molecule has 2 aromatic heterocycles. The Balaban J connectivity index is 1.65. The van der Waals surface area contributed by atoms with Gasteiger partial charge in [0, 0.05) is 16.8 Å². The quantitative estimate of drug-likeness (QED) is 0.588. The van der Waals surface area contributed by atoms with Crippen molar-refractivity contribution in [1.29, 1.82) is 0 Å². The number of carbonyl (C=O) groups is 1. The predicted octanol–water partition coefficient (Wildman–Crippen LogP) is 4.59. The number of hydrogen-bond donors (Lipinski definition) is 1. The molecule has 2 aromatic carbocycles. The van der Waals surface area contributed by atoms with Crippen molar-refractivity contribution in [3.05, 3.63) is 78.2 Å². The van der Waals surface area contributed by atoms with Crippen LogP contribution in [0.3, 0.4) is 0 Å². The van der Waals surface area contributed by atoms with Crippen molar-refractivity contribution in [3.63, 3.8) is 0 Å². The minimum atomic E-state index is -0.481. The molecule has 26 heavy (non-hydrogen) atoms. The van der Waals surface area contributed by atoms with Gasteiger partial charge in [-0.05, 0) is 43.3 Å². The number of nitrogens with zero attached hydrogens (tertiary/aromatic N) is 2. The first-order valence-corrected chi connectivity index (χ1v) is 7.99. The number of amides is 1. The molecule has 0 saturated carbocycles. The van der Waals surface area contributed by atoms with E-state index in [1.54, 1.807) is 18.2 Å². The van der Waals surface area contributed by atoms with Gasteiger partial charge in [0.15, 0.2) is 17.8 Å². The summed E-state index contributed by atoms with van der Waals surface area (Å²) in [6.45, 7) is 1.92. The van der Waals surface area contributed by atoms with E-state index in [1.807, 2.05) is 31.2 Å². The number of carbonyl (C=O) groups excluding carboxylic acids is 1. The molecule has 0 aliphatic heterocycles. The number of anilines is 1. The van der Waals surface area contributed by atoms with Crippen LogP contribution in [0.1, 0.15) is 16.2 Å². The number of hydrogen-bond acceptors (Lipinski definition) is 4. The average molecular weight is 347 g/mol. The smallest absolute Gasteiger partial charge is 0.278 e. The molecule has 0 bridgehead atoms. The topological polar surface area (TPSA) is 68.0 Å². The van der Waals surface area contributed by atoms with E-state index >= 15 is 0 Å². The number of rotatable bonds is 3. The fourth-order valence-electron chi connectivity index (χ4n) is 2.74. The fourth-order valence-corrected chi connectivity index (χ4v) is 2.74. The number of benzene rings is 2. The van der Waals surface area contributed by atoms with E-state index < -0.39 is 11.7 Å². The van der Waals surface area contributed by atoms with Crippen LogP contribution in [-0.2, 0) is 0 Å². The van der Waals surface area contributed by atoms with Crippen molar-refractivity contribution in [3.8, 4) is 11.3 Å². The molecule has 0 spiro atoms. The van der Waals surface area contributed by atoms with E-state index in [0.29, 0.717) is 5.69 Å². The molecule has 0 radical (unpaired) electrons. The maximum Gasteiger partial charge on any atom is 0.278 e. The van der Waals surface area contributed by atoms with Crippen LogP contribution in [0, 0.1) is 12.7 Å². The molecular weight excluding hydrogens is 333 g/mol. The summed E-state index contributed by atoms with van der Waals surface area (Å²) < 4.78 is 19.3. The molecule has 128 valence electrons. The number of halogens is 1. The SMILES string of the molecule is Cc1ccc2cc(NC(=O)c3ncoc3-c3ccccc3F)ccc2n1. The number of fused-ring (bicyclic) bond motifs is 1. The van der Waals surface area contributed by atoms with Gasteiger partial charge in [-0.15, -0.1) is 0 Å². The van der Waals surface area contributed by atoms with Crippen molar-refractivity contribution in [2.75, 3.05) is 5.32 Å². The Kier molecular flexibility index (Phi) is 3.93. The highest BCUT2D eigenvalue weighted by molar-refractivity contribution is 6.07. The van der Waals surface area contributed by atoms with Crippen molar-refractivity contribution < 1.29 is 13.6 Å². The lowest BCUT2D eigenvalue weighted by Gasteiger charge is -2.07. The molecule has 4 rings (SSSR count). The highest BCUT2D eigenvalue weighted by atomic mass is 19.1. The first-order chi connectivity index (χ1) is 12.6. The molecular formula is C20H14FN3O2. The monoisotopic (exact) mass is 347 g/mol. The van der Waals surface area contributed by atoms with Crippen LogP contribution in [0.4, 0.5) is 10.1 Å². The zero-order valence-corrected chi connectivity index (χ0v) is 13.9. The third kappa shape index (κ3) is 2.93. The fraction of sp³-hybridized carbons (Fsp3) is 0.0500. The second kappa shape index (κ2) is 6.40. The van der Waals surface area contributed by atoms with Crippen LogP contribution < -0.4 is 5.32 Å². The summed E-state index contributed by atoms with van der Waals surface area (Å²) in [6.07, 6.45) is 1.13. The van der Waals surface area contributed by atoms with Gasteiger partial charge in [-0.3, -0.25) is 9.78 Å². The van der Waals surface area contributed by atoms with Gasteiger partial charge in [0.25, 0.3) is 5.91 Å². The molecule has 0 unspecified atom stereocenters. The summed E-state index contributed by atoms with van der Waals surface area (Å²) in [4.78, 5) is 21.0. The van der Waals surface area contributed by atoms with Gasteiger partial charge in [-0.25, -0.2) is 9.37 Å². The standard InChI is InChI=1S/C20H14FN3O2/c1-12-6-7-13-10-14(8-9-17(13)23-12)24-20(25)18-19(26-11-22-18)15-4-2-3-5-16(15)21/h2-11H,1H3,(H,24,25). The molecule has 0 atom stereocenters. The van der Waals surface area contributed by atoms with Gasteiger partial charge in [0.1, 0.15) is 5.82 Å². The Bertz CT molecular complexity index is 1120. The number of aromatic nitrogens is 2. The molecule has 1 amide bonds. The van der Waals surface area contributed by atoms with Crippen LogP contribution in [-0.4, -0.2) is 15.9 Å². The first kappa shape index (κ1) is 16.0. The molecule has 0 fully saturated rings. The first-order valence-electron chi connectivity index (χ1n) is 7.99. The van der Waals surface area contributed by atoms with Crippen molar-refractivity contribution >= 4 is 22.5 Å². The van der Waals surface area contributed by atoms with E-state index in [0.717, 1.165) is 23.0 Å². The van der Waals surface area contributed by atoms with Crippen LogP contribution >= 0.6 is 0 Å². The zero-order chi connectivity index (χ0) is 18.1. The second-order valence-corrected chi connectivity index (χ2v) is 5.82. The van der Waals surface area contributed by atoms with Gasteiger partial charge < -0.3 is 9.73 Å². The Morgan fingerprint density at radius 1 is 1.12 bits per heavy atom. The Morgan fingerprint density at radius 2 is 1.96 bits per heavy atom. The highest BCUT2D eigenvalue weighted by Crippen LogP contribution is 2.26. The summed E-state index contributed by atoms with van der Waals surface area (Å²) in [7, 11) is 0. The van der Waals surface area contributed by atoms with Crippen LogP contribution in [0.5, 0.6) is 0 Å². The molecule has 6 heteroatoms. The third-order valence-corrected chi connectivity index (χ3v) is 3.99. The summed E-state index contributed by atoms with van der Waals surface area (Å²) >= 11 is 0. The van der Waals surface area contributed by atoms with Crippen molar-refractivity contribution in [1.82, 2.24) is 9.97 Å². The van der Waals surface area contributed by atoms with Crippen LogP contribution in [0.2, 0.25) is 0 Å².